The van der Waals surface area contributed by atoms with E-state index in [1.165, 1.54) is 6.08 Å². The zero-order valence-electron chi connectivity index (χ0n) is 15.4. The van der Waals surface area contributed by atoms with Gasteiger partial charge in [-0.25, -0.2) is 0 Å². The second-order valence-corrected chi connectivity index (χ2v) is 6.99. The third-order valence-corrected chi connectivity index (χ3v) is 5.10. The van der Waals surface area contributed by atoms with Gasteiger partial charge in [-0.15, -0.1) is 0 Å². The van der Waals surface area contributed by atoms with E-state index in [-0.39, 0.29) is 12.5 Å². The quantitative estimate of drug-likeness (QED) is 0.416. The van der Waals surface area contributed by atoms with Gasteiger partial charge in [0, 0.05) is 5.69 Å². The van der Waals surface area contributed by atoms with E-state index < -0.39 is 0 Å². The molecule has 0 fully saturated rings. The summed E-state index contributed by atoms with van der Waals surface area (Å²) >= 11 is 12.4. The molecule has 0 saturated carbocycles. The van der Waals surface area contributed by atoms with Gasteiger partial charge in [-0.2, -0.15) is 0 Å². The molecule has 3 aromatic rings. The first kappa shape index (κ1) is 20.0. The van der Waals surface area contributed by atoms with Crippen molar-refractivity contribution < 1.29 is 9.53 Å². The number of aryl methyl sites for hydroxylation is 1. The van der Waals surface area contributed by atoms with Crippen LogP contribution in [0.15, 0.2) is 79.4 Å². The summed E-state index contributed by atoms with van der Waals surface area (Å²) < 4.78 is 5.92. The van der Waals surface area contributed by atoms with E-state index in [4.69, 9.17) is 27.9 Å². The predicted octanol–water partition coefficient (Wildman–Crippen LogP) is 6.81. The summed E-state index contributed by atoms with van der Waals surface area (Å²) in [5, 5.41) is 0.889. The maximum atomic E-state index is 12.5. The highest BCUT2D eigenvalue weighted by molar-refractivity contribution is 6.42. The zero-order valence-corrected chi connectivity index (χ0v) is 16.9. The molecule has 0 aliphatic heterocycles. The van der Waals surface area contributed by atoms with Gasteiger partial charge in [-0.05, 0) is 60.5 Å². The van der Waals surface area contributed by atoms with Crippen LogP contribution in [-0.2, 0) is 11.3 Å². The number of halogens is 2. The molecule has 0 aromatic heterocycles. The third-order valence-electron chi connectivity index (χ3n) is 4.24. The Morgan fingerprint density at radius 1 is 1.07 bits per heavy atom. The largest absolute Gasteiger partial charge is 0.457 e. The molecule has 3 nitrogen and oxygen atoms in total. The van der Waals surface area contributed by atoms with Gasteiger partial charge in [0.05, 0.1) is 16.6 Å². The van der Waals surface area contributed by atoms with E-state index in [1.807, 2.05) is 67.6 Å². The van der Waals surface area contributed by atoms with Gasteiger partial charge >= 0.3 is 0 Å². The van der Waals surface area contributed by atoms with E-state index in [9.17, 15) is 4.79 Å². The Morgan fingerprint density at radius 3 is 2.50 bits per heavy atom. The van der Waals surface area contributed by atoms with Crippen LogP contribution in [0.25, 0.3) is 0 Å². The van der Waals surface area contributed by atoms with Crippen LogP contribution < -0.4 is 9.64 Å². The summed E-state index contributed by atoms with van der Waals surface area (Å²) in [6.07, 6.45) is 1.28. The lowest BCUT2D eigenvalue weighted by Gasteiger charge is -2.23. The summed E-state index contributed by atoms with van der Waals surface area (Å²) in [5.41, 5.74) is 2.38. The minimum Gasteiger partial charge on any atom is -0.457 e. The fourth-order valence-electron chi connectivity index (χ4n) is 2.78. The molecule has 0 aliphatic rings. The smallest absolute Gasteiger partial charge is 0.250 e. The number of benzene rings is 3. The molecule has 0 heterocycles. The van der Waals surface area contributed by atoms with Crippen LogP contribution in [0.3, 0.4) is 0 Å². The van der Waals surface area contributed by atoms with E-state index in [0.717, 1.165) is 28.3 Å². The lowest BCUT2D eigenvalue weighted by atomic mass is 10.1. The molecular formula is C23H19Cl2NO2. The molecule has 5 heteroatoms. The molecule has 28 heavy (non-hydrogen) atoms. The van der Waals surface area contributed by atoms with Crippen LogP contribution in [0.5, 0.6) is 11.5 Å². The monoisotopic (exact) mass is 411 g/mol. The maximum Gasteiger partial charge on any atom is 0.250 e. The highest BCUT2D eigenvalue weighted by Gasteiger charge is 2.17. The highest BCUT2D eigenvalue weighted by atomic mass is 35.5. The first-order valence-corrected chi connectivity index (χ1v) is 9.45. The molecule has 0 unspecified atom stereocenters. The Morgan fingerprint density at radius 2 is 1.82 bits per heavy atom. The molecule has 0 radical (unpaired) electrons. The van der Waals surface area contributed by atoms with Gasteiger partial charge in [-0.3, -0.25) is 4.79 Å². The van der Waals surface area contributed by atoms with Gasteiger partial charge in [0.15, 0.2) is 0 Å². The van der Waals surface area contributed by atoms with Gasteiger partial charge in [0.2, 0.25) is 0 Å². The average molecular weight is 412 g/mol. The molecule has 0 atom stereocenters. The van der Waals surface area contributed by atoms with Crippen molar-refractivity contribution in [2.24, 2.45) is 0 Å². The van der Waals surface area contributed by atoms with Crippen LogP contribution in [0, 0.1) is 6.92 Å². The Bertz CT molecular complexity index is 1000. The Kier molecular flexibility index (Phi) is 6.40. The van der Waals surface area contributed by atoms with Crippen molar-refractivity contribution in [3.63, 3.8) is 0 Å². The zero-order chi connectivity index (χ0) is 20.1. The summed E-state index contributed by atoms with van der Waals surface area (Å²) in [6.45, 7) is 5.83. The van der Waals surface area contributed by atoms with Crippen molar-refractivity contribution in [2.45, 2.75) is 13.5 Å². The predicted molar refractivity (Wildman–Crippen MR) is 116 cm³/mol. The van der Waals surface area contributed by atoms with Crippen LogP contribution in [0.1, 0.15) is 11.1 Å². The van der Waals surface area contributed by atoms with Crippen LogP contribution in [-0.4, -0.2) is 5.91 Å². The van der Waals surface area contributed by atoms with Crippen molar-refractivity contribution in [3.05, 3.63) is 101 Å². The van der Waals surface area contributed by atoms with E-state index in [2.05, 4.69) is 6.58 Å². The molecule has 0 aliphatic carbocycles. The van der Waals surface area contributed by atoms with E-state index >= 15 is 0 Å². The second-order valence-electron chi connectivity index (χ2n) is 6.21. The standard InChI is InChI=1S/C23H19Cl2NO2/c1-3-22(27)26(15-17-8-7-11-20(24)23(17)25)18-12-13-21(16(2)14-18)28-19-9-5-4-6-10-19/h3-14H,1,15H2,2H3. The minimum absolute atomic E-state index is 0.229. The summed E-state index contributed by atoms with van der Waals surface area (Å²) in [6, 6.07) is 20.5. The summed E-state index contributed by atoms with van der Waals surface area (Å²) in [7, 11) is 0. The van der Waals surface area contributed by atoms with Crippen LogP contribution in [0.4, 0.5) is 5.69 Å². The molecule has 1 amide bonds. The maximum absolute atomic E-state index is 12.5. The number of hydrogen-bond acceptors (Lipinski definition) is 2. The van der Waals surface area contributed by atoms with Gasteiger partial charge in [0.1, 0.15) is 11.5 Å². The number of hydrogen-bond donors (Lipinski definition) is 0. The number of ether oxygens (including phenoxy) is 1. The summed E-state index contributed by atoms with van der Waals surface area (Å²) in [5.74, 6) is 1.25. The lowest BCUT2D eigenvalue weighted by molar-refractivity contribution is -0.114. The SMILES string of the molecule is C=CC(=O)N(Cc1cccc(Cl)c1Cl)c1ccc(Oc2ccccc2)c(C)c1. The molecule has 0 N–H and O–H groups in total. The van der Waals surface area contributed by atoms with E-state index in [1.54, 1.807) is 11.0 Å². The molecule has 0 saturated heterocycles. The average Bonchev–Trinajstić information content (AvgIpc) is 2.71. The van der Waals surface area contributed by atoms with Crippen molar-refractivity contribution in [2.75, 3.05) is 4.90 Å². The Hall–Kier alpha value is -2.75. The Balaban J connectivity index is 1.90. The molecule has 0 spiro atoms. The number of carbonyl (C=O) groups is 1. The first-order chi connectivity index (χ1) is 13.5. The normalized spacial score (nSPS) is 10.4. The molecule has 3 rings (SSSR count). The number of anilines is 1. The number of nitrogens with zero attached hydrogens (tertiary/aromatic N) is 1. The van der Waals surface area contributed by atoms with Crippen molar-refractivity contribution >= 4 is 34.8 Å². The van der Waals surface area contributed by atoms with Crippen LogP contribution in [0.2, 0.25) is 10.0 Å². The first-order valence-electron chi connectivity index (χ1n) is 8.70. The molecule has 142 valence electrons. The number of amides is 1. The lowest BCUT2D eigenvalue weighted by Crippen LogP contribution is -2.28. The second kappa shape index (κ2) is 8.96. The summed E-state index contributed by atoms with van der Waals surface area (Å²) in [4.78, 5) is 14.1. The van der Waals surface area contributed by atoms with Gasteiger partial charge in [-0.1, -0.05) is 60.1 Å². The molecular weight excluding hydrogens is 393 g/mol. The molecule has 3 aromatic carbocycles. The van der Waals surface area contributed by atoms with Crippen molar-refractivity contribution in [1.29, 1.82) is 0 Å². The van der Waals surface area contributed by atoms with Gasteiger partial charge < -0.3 is 9.64 Å². The minimum atomic E-state index is -0.229. The topological polar surface area (TPSA) is 29.5 Å². The van der Waals surface area contributed by atoms with Crippen molar-refractivity contribution in [3.8, 4) is 11.5 Å². The van der Waals surface area contributed by atoms with Crippen LogP contribution >= 0.6 is 23.2 Å². The highest BCUT2D eigenvalue weighted by Crippen LogP contribution is 2.31. The fourth-order valence-corrected chi connectivity index (χ4v) is 3.16. The van der Waals surface area contributed by atoms with Gasteiger partial charge in [0.25, 0.3) is 5.91 Å². The number of rotatable bonds is 6. The fraction of sp³-hybridized carbons (Fsp3) is 0.0870. The Labute approximate surface area is 174 Å². The number of para-hydroxylation sites is 1. The molecule has 0 bridgehead atoms. The number of carbonyl (C=O) groups excluding carboxylic acids is 1. The van der Waals surface area contributed by atoms with Crippen molar-refractivity contribution in [1.82, 2.24) is 0 Å². The third kappa shape index (κ3) is 4.56. The van der Waals surface area contributed by atoms with E-state index in [0.29, 0.717) is 10.0 Å².